The van der Waals surface area contributed by atoms with Crippen molar-refractivity contribution in [1.29, 1.82) is 0 Å². The smallest absolute Gasteiger partial charge is 0.222 e. The maximum atomic E-state index is 12.5. The average molecular weight is 366 g/mol. The van der Waals surface area contributed by atoms with Gasteiger partial charge in [-0.1, -0.05) is 110 Å². The minimum Gasteiger partial charge on any atom is -0.343 e. The Hall–Kier alpha value is -0.530. The van der Waals surface area contributed by atoms with Gasteiger partial charge in [0.1, 0.15) is 0 Å². The van der Waals surface area contributed by atoms with Crippen LogP contribution in [0, 0.1) is 0 Å². The van der Waals surface area contributed by atoms with Crippen LogP contribution in [0.2, 0.25) is 0 Å². The normalized spacial score (nSPS) is 17.0. The molecule has 1 aliphatic rings. The summed E-state index contributed by atoms with van der Waals surface area (Å²) < 4.78 is 0. The van der Waals surface area contributed by atoms with E-state index in [1.54, 1.807) is 0 Å². The topological polar surface area (TPSA) is 20.3 Å². The van der Waals surface area contributed by atoms with Gasteiger partial charge >= 0.3 is 0 Å². The van der Waals surface area contributed by atoms with Crippen LogP contribution in [0.5, 0.6) is 0 Å². The number of hydrogen-bond acceptors (Lipinski definition) is 1. The standard InChI is InChI=1S/C24H47NO/c1-2-3-4-5-6-7-8-9-12-15-18-21-24(26)25-22-19-16-13-10-11-14-17-20-23-25/h2-23H2,1H3. The fourth-order valence-electron chi connectivity index (χ4n) is 4.13. The number of nitrogens with zero attached hydrogens (tertiary/aromatic N) is 1. The van der Waals surface area contributed by atoms with Crippen molar-refractivity contribution in [1.82, 2.24) is 4.90 Å². The minimum atomic E-state index is 0.431. The number of rotatable bonds is 12. The molecule has 2 heteroatoms. The van der Waals surface area contributed by atoms with E-state index in [0.717, 1.165) is 25.9 Å². The minimum absolute atomic E-state index is 0.431. The lowest BCUT2D eigenvalue weighted by molar-refractivity contribution is -0.131. The monoisotopic (exact) mass is 365 g/mol. The molecule has 1 rings (SSSR count). The average Bonchev–Trinajstić information content (AvgIpc) is 2.71. The molecule has 0 aromatic rings. The van der Waals surface area contributed by atoms with Crippen LogP contribution in [0.4, 0.5) is 0 Å². The molecule has 2 nitrogen and oxygen atoms in total. The van der Waals surface area contributed by atoms with Gasteiger partial charge in [-0.3, -0.25) is 4.79 Å². The van der Waals surface area contributed by atoms with Crippen molar-refractivity contribution in [2.45, 2.75) is 135 Å². The van der Waals surface area contributed by atoms with E-state index in [1.165, 1.54) is 116 Å². The third kappa shape index (κ3) is 13.6. The summed E-state index contributed by atoms with van der Waals surface area (Å²) >= 11 is 0. The third-order valence-corrected chi connectivity index (χ3v) is 5.95. The zero-order valence-corrected chi connectivity index (χ0v) is 17.9. The van der Waals surface area contributed by atoms with E-state index >= 15 is 0 Å². The fraction of sp³-hybridized carbons (Fsp3) is 0.958. The summed E-state index contributed by atoms with van der Waals surface area (Å²) in [4.78, 5) is 14.7. The van der Waals surface area contributed by atoms with Crippen LogP contribution in [0.3, 0.4) is 0 Å². The Kier molecular flexibility index (Phi) is 16.2. The molecule has 0 saturated carbocycles. The molecule has 0 aromatic heterocycles. The summed E-state index contributed by atoms with van der Waals surface area (Å²) in [5.41, 5.74) is 0. The predicted molar refractivity (Wildman–Crippen MR) is 115 cm³/mol. The maximum Gasteiger partial charge on any atom is 0.222 e. The van der Waals surface area contributed by atoms with Gasteiger partial charge in [-0.25, -0.2) is 0 Å². The Morgan fingerprint density at radius 2 is 0.962 bits per heavy atom. The van der Waals surface area contributed by atoms with E-state index in [4.69, 9.17) is 0 Å². The largest absolute Gasteiger partial charge is 0.343 e. The molecule has 0 atom stereocenters. The lowest BCUT2D eigenvalue weighted by Crippen LogP contribution is -2.32. The van der Waals surface area contributed by atoms with Gasteiger partial charge in [0.25, 0.3) is 0 Å². The van der Waals surface area contributed by atoms with Crippen molar-refractivity contribution in [2.75, 3.05) is 13.1 Å². The first-order chi connectivity index (χ1) is 12.8. The predicted octanol–water partition coefficient (Wildman–Crippen LogP) is 7.65. The van der Waals surface area contributed by atoms with Gasteiger partial charge in [0.05, 0.1) is 0 Å². The zero-order valence-electron chi connectivity index (χ0n) is 17.9. The second-order valence-corrected chi connectivity index (χ2v) is 8.49. The van der Waals surface area contributed by atoms with Crippen LogP contribution in [-0.2, 0) is 4.79 Å². The zero-order chi connectivity index (χ0) is 18.7. The van der Waals surface area contributed by atoms with Gasteiger partial charge in [-0.15, -0.1) is 0 Å². The van der Waals surface area contributed by atoms with Crippen LogP contribution in [0.15, 0.2) is 0 Å². The molecule has 1 aliphatic heterocycles. The lowest BCUT2D eigenvalue weighted by Gasteiger charge is -2.22. The van der Waals surface area contributed by atoms with Crippen LogP contribution >= 0.6 is 0 Å². The van der Waals surface area contributed by atoms with E-state index in [2.05, 4.69) is 11.8 Å². The number of carbonyl (C=O) groups excluding carboxylic acids is 1. The molecule has 0 unspecified atom stereocenters. The van der Waals surface area contributed by atoms with Gasteiger partial charge in [0.15, 0.2) is 0 Å². The molecule has 1 fully saturated rings. The highest BCUT2D eigenvalue weighted by molar-refractivity contribution is 5.76. The Balaban J connectivity index is 1.99. The Bertz CT molecular complexity index is 303. The van der Waals surface area contributed by atoms with Gasteiger partial charge in [-0.2, -0.15) is 0 Å². The van der Waals surface area contributed by atoms with Crippen molar-refractivity contribution < 1.29 is 4.79 Å². The molecule has 1 saturated heterocycles. The number of carbonyl (C=O) groups is 1. The number of unbranched alkanes of at least 4 members (excludes halogenated alkanes) is 10. The fourth-order valence-corrected chi connectivity index (χ4v) is 4.13. The molecular weight excluding hydrogens is 318 g/mol. The Morgan fingerprint density at radius 3 is 1.42 bits per heavy atom. The summed E-state index contributed by atoms with van der Waals surface area (Å²) in [6.07, 6.45) is 26.2. The first kappa shape index (κ1) is 23.5. The summed E-state index contributed by atoms with van der Waals surface area (Å²) in [7, 11) is 0. The van der Waals surface area contributed by atoms with Crippen molar-refractivity contribution in [3.63, 3.8) is 0 Å². The van der Waals surface area contributed by atoms with Crippen LogP contribution in [0.25, 0.3) is 0 Å². The van der Waals surface area contributed by atoms with E-state index in [9.17, 15) is 4.79 Å². The highest BCUT2D eigenvalue weighted by Gasteiger charge is 2.13. The van der Waals surface area contributed by atoms with Gasteiger partial charge in [0.2, 0.25) is 5.91 Å². The molecule has 1 heterocycles. The first-order valence-corrected chi connectivity index (χ1v) is 12.1. The summed E-state index contributed by atoms with van der Waals surface area (Å²) in [5, 5.41) is 0. The van der Waals surface area contributed by atoms with Crippen LogP contribution in [-0.4, -0.2) is 23.9 Å². The van der Waals surface area contributed by atoms with E-state index in [-0.39, 0.29) is 0 Å². The Labute approximate surface area is 164 Å². The Morgan fingerprint density at radius 1 is 0.577 bits per heavy atom. The second kappa shape index (κ2) is 17.9. The third-order valence-electron chi connectivity index (χ3n) is 5.95. The van der Waals surface area contributed by atoms with E-state index < -0.39 is 0 Å². The molecule has 26 heavy (non-hydrogen) atoms. The van der Waals surface area contributed by atoms with Crippen molar-refractivity contribution in [3.8, 4) is 0 Å². The van der Waals surface area contributed by atoms with Crippen LogP contribution in [0.1, 0.15) is 135 Å². The van der Waals surface area contributed by atoms with Crippen LogP contribution < -0.4 is 0 Å². The molecule has 0 spiro atoms. The first-order valence-electron chi connectivity index (χ1n) is 12.1. The molecule has 0 N–H and O–H groups in total. The lowest BCUT2D eigenvalue weighted by atomic mass is 10.0. The second-order valence-electron chi connectivity index (χ2n) is 8.49. The quantitative estimate of drug-likeness (QED) is 0.325. The number of hydrogen-bond donors (Lipinski definition) is 0. The molecule has 0 aliphatic carbocycles. The van der Waals surface area contributed by atoms with E-state index in [1.807, 2.05) is 0 Å². The summed E-state index contributed by atoms with van der Waals surface area (Å²) in [6.45, 7) is 4.30. The van der Waals surface area contributed by atoms with Gasteiger partial charge in [0, 0.05) is 19.5 Å². The van der Waals surface area contributed by atoms with Crippen molar-refractivity contribution >= 4 is 5.91 Å². The SMILES string of the molecule is CCCCCCCCCCCCCC(=O)N1CCCCCCCCCC1. The highest BCUT2D eigenvalue weighted by atomic mass is 16.2. The van der Waals surface area contributed by atoms with E-state index in [0.29, 0.717) is 5.91 Å². The van der Waals surface area contributed by atoms with Gasteiger partial charge in [-0.05, 0) is 19.3 Å². The molecule has 154 valence electrons. The summed E-state index contributed by atoms with van der Waals surface area (Å²) in [6, 6.07) is 0. The summed E-state index contributed by atoms with van der Waals surface area (Å²) in [5.74, 6) is 0.431. The molecule has 0 radical (unpaired) electrons. The molecule has 0 bridgehead atoms. The highest BCUT2D eigenvalue weighted by Crippen LogP contribution is 2.15. The molecular formula is C24H47NO. The molecule has 0 aromatic carbocycles. The van der Waals surface area contributed by atoms with Crippen molar-refractivity contribution in [3.05, 3.63) is 0 Å². The van der Waals surface area contributed by atoms with Gasteiger partial charge < -0.3 is 4.90 Å². The molecule has 1 amide bonds. The maximum absolute atomic E-state index is 12.5. The van der Waals surface area contributed by atoms with Crippen molar-refractivity contribution in [2.24, 2.45) is 0 Å². The number of amides is 1.